The second kappa shape index (κ2) is 5.55. The number of benzene rings is 1. The Bertz CT molecular complexity index is 410. The third-order valence-electron chi connectivity index (χ3n) is 4.26. The summed E-state index contributed by atoms with van der Waals surface area (Å²) in [5, 5.41) is 3.59. The number of anilines is 1. The summed E-state index contributed by atoms with van der Waals surface area (Å²) in [6.07, 6.45) is 3.81. The van der Waals surface area contributed by atoms with Gasteiger partial charge < -0.3 is 5.32 Å². The lowest BCUT2D eigenvalue weighted by atomic mass is 9.79. The molecule has 1 aromatic rings. The molecule has 1 aromatic carbocycles. The van der Waals surface area contributed by atoms with E-state index in [1.807, 2.05) is 24.3 Å². The Kier molecular flexibility index (Phi) is 4.05. The molecular weight excluding hydrogens is 222 g/mol. The summed E-state index contributed by atoms with van der Waals surface area (Å²) in [5.41, 5.74) is 1.91. The summed E-state index contributed by atoms with van der Waals surface area (Å²) in [4.78, 5) is 11.2. The maximum atomic E-state index is 11.2. The molecule has 2 nitrogen and oxygen atoms in total. The van der Waals surface area contributed by atoms with Gasteiger partial charge in [0.25, 0.3) is 0 Å². The zero-order chi connectivity index (χ0) is 13.1. The molecule has 0 bridgehead atoms. The second-order valence-corrected chi connectivity index (χ2v) is 5.74. The smallest absolute Gasteiger partial charge is 0.159 e. The molecule has 0 amide bonds. The first-order chi connectivity index (χ1) is 8.56. The van der Waals surface area contributed by atoms with Crippen molar-refractivity contribution in [3.8, 4) is 0 Å². The Morgan fingerprint density at radius 2 is 1.78 bits per heavy atom. The van der Waals surface area contributed by atoms with Crippen molar-refractivity contribution in [2.75, 3.05) is 5.32 Å². The molecule has 1 fully saturated rings. The number of Topliss-reactive ketones (excluding diaryl/α,β-unsaturated/α-hetero) is 1. The van der Waals surface area contributed by atoms with Gasteiger partial charge in [-0.15, -0.1) is 0 Å². The fraction of sp³-hybridized carbons (Fsp3) is 0.562. The topological polar surface area (TPSA) is 29.1 Å². The van der Waals surface area contributed by atoms with Gasteiger partial charge in [0.1, 0.15) is 0 Å². The maximum absolute atomic E-state index is 11.2. The van der Waals surface area contributed by atoms with E-state index >= 15 is 0 Å². The first kappa shape index (κ1) is 13.1. The van der Waals surface area contributed by atoms with Crippen LogP contribution >= 0.6 is 0 Å². The molecule has 18 heavy (non-hydrogen) atoms. The van der Waals surface area contributed by atoms with Crippen LogP contribution in [0.2, 0.25) is 0 Å². The molecule has 3 unspecified atom stereocenters. The van der Waals surface area contributed by atoms with E-state index in [1.54, 1.807) is 6.92 Å². The van der Waals surface area contributed by atoms with Crippen LogP contribution in [0.4, 0.5) is 5.69 Å². The summed E-state index contributed by atoms with van der Waals surface area (Å²) in [6.45, 7) is 6.30. The van der Waals surface area contributed by atoms with Gasteiger partial charge in [0.15, 0.2) is 5.78 Å². The van der Waals surface area contributed by atoms with E-state index in [0.29, 0.717) is 6.04 Å². The molecule has 0 heterocycles. The minimum Gasteiger partial charge on any atom is -0.382 e. The van der Waals surface area contributed by atoms with Gasteiger partial charge in [-0.25, -0.2) is 0 Å². The summed E-state index contributed by atoms with van der Waals surface area (Å²) in [6, 6.07) is 8.41. The first-order valence-electron chi connectivity index (χ1n) is 6.94. The number of rotatable bonds is 3. The van der Waals surface area contributed by atoms with Gasteiger partial charge in [-0.05, 0) is 62.3 Å². The van der Waals surface area contributed by atoms with E-state index in [1.165, 1.54) is 19.3 Å². The molecule has 0 spiro atoms. The summed E-state index contributed by atoms with van der Waals surface area (Å²) in [7, 11) is 0. The van der Waals surface area contributed by atoms with Gasteiger partial charge in [0, 0.05) is 17.3 Å². The Balaban J connectivity index is 1.95. The van der Waals surface area contributed by atoms with E-state index in [-0.39, 0.29) is 5.78 Å². The molecule has 1 saturated carbocycles. The summed E-state index contributed by atoms with van der Waals surface area (Å²) in [5.74, 6) is 1.78. The predicted molar refractivity (Wildman–Crippen MR) is 76.0 cm³/mol. The molecule has 3 atom stereocenters. The molecule has 0 aromatic heterocycles. The third-order valence-corrected chi connectivity index (χ3v) is 4.26. The molecule has 1 aliphatic carbocycles. The minimum atomic E-state index is 0.127. The lowest BCUT2D eigenvalue weighted by Crippen LogP contribution is -2.30. The van der Waals surface area contributed by atoms with Crippen LogP contribution in [-0.4, -0.2) is 11.8 Å². The SMILES string of the molecule is CC(=O)c1ccc(NC2CCC(C)C(C)C2)cc1. The summed E-state index contributed by atoms with van der Waals surface area (Å²) >= 11 is 0. The summed E-state index contributed by atoms with van der Waals surface area (Å²) < 4.78 is 0. The number of hydrogen-bond donors (Lipinski definition) is 1. The average Bonchev–Trinajstić information content (AvgIpc) is 2.34. The second-order valence-electron chi connectivity index (χ2n) is 5.74. The standard InChI is InChI=1S/C16H23NO/c1-11-4-7-16(10-12(11)2)17-15-8-5-14(6-9-15)13(3)18/h5-6,8-9,11-12,16-17H,4,7,10H2,1-3H3. The Labute approximate surface area is 110 Å². The maximum Gasteiger partial charge on any atom is 0.159 e. The van der Waals surface area contributed by atoms with Crippen molar-refractivity contribution in [1.29, 1.82) is 0 Å². The third kappa shape index (κ3) is 3.12. The van der Waals surface area contributed by atoms with E-state index in [4.69, 9.17) is 0 Å². The fourth-order valence-corrected chi connectivity index (χ4v) is 2.72. The number of carbonyl (C=O) groups excluding carboxylic acids is 1. The van der Waals surface area contributed by atoms with Crippen LogP contribution in [0.1, 0.15) is 50.4 Å². The highest BCUT2D eigenvalue weighted by molar-refractivity contribution is 5.94. The highest BCUT2D eigenvalue weighted by atomic mass is 16.1. The van der Waals surface area contributed by atoms with Crippen LogP contribution in [0.15, 0.2) is 24.3 Å². The predicted octanol–water partition coefficient (Wildman–Crippen LogP) is 4.13. The van der Waals surface area contributed by atoms with Gasteiger partial charge in [0.2, 0.25) is 0 Å². The van der Waals surface area contributed by atoms with E-state index < -0.39 is 0 Å². The quantitative estimate of drug-likeness (QED) is 0.811. The molecule has 0 saturated heterocycles. The lowest BCUT2D eigenvalue weighted by molar-refractivity contribution is 0.101. The van der Waals surface area contributed by atoms with Gasteiger partial charge in [-0.3, -0.25) is 4.79 Å². The van der Waals surface area contributed by atoms with Crippen molar-refractivity contribution in [1.82, 2.24) is 0 Å². The normalized spacial score (nSPS) is 27.8. The highest BCUT2D eigenvalue weighted by Crippen LogP contribution is 2.31. The zero-order valence-electron chi connectivity index (χ0n) is 11.6. The van der Waals surface area contributed by atoms with Gasteiger partial charge in [0.05, 0.1) is 0 Å². The Morgan fingerprint density at radius 3 is 2.33 bits per heavy atom. The van der Waals surface area contributed by atoms with Crippen molar-refractivity contribution in [2.45, 2.75) is 46.1 Å². The van der Waals surface area contributed by atoms with Crippen molar-refractivity contribution < 1.29 is 4.79 Å². The Morgan fingerprint density at radius 1 is 1.11 bits per heavy atom. The fourth-order valence-electron chi connectivity index (χ4n) is 2.72. The molecule has 1 N–H and O–H groups in total. The average molecular weight is 245 g/mol. The van der Waals surface area contributed by atoms with Crippen molar-refractivity contribution >= 4 is 11.5 Å². The minimum absolute atomic E-state index is 0.127. The zero-order valence-corrected chi connectivity index (χ0v) is 11.6. The van der Waals surface area contributed by atoms with E-state index in [0.717, 1.165) is 23.1 Å². The van der Waals surface area contributed by atoms with Crippen LogP contribution in [0.3, 0.4) is 0 Å². The molecule has 98 valence electrons. The Hall–Kier alpha value is -1.31. The molecule has 2 rings (SSSR count). The lowest BCUT2D eigenvalue weighted by Gasteiger charge is -2.33. The first-order valence-corrected chi connectivity index (χ1v) is 6.94. The van der Waals surface area contributed by atoms with Crippen molar-refractivity contribution in [2.24, 2.45) is 11.8 Å². The molecule has 0 aliphatic heterocycles. The number of ketones is 1. The van der Waals surface area contributed by atoms with Crippen LogP contribution in [0.5, 0.6) is 0 Å². The number of carbonyl (C=O) groups is 1. The molecule has 1 aliphatic rings. The van der Waals surface area contributed by atoms with Crippen molar-refractivity contribution in [3.05, 3.63) is 29.8 Å². The van der Waals surface area contributed by atoms with Gasteiger partial charge in [-0.1, -0.05) is 13.8 Å². The van der Waals surface area contributed by atoms with Crippen LogP contribution in [-0.2, 0) is 0 Å². The van der Waals surface area contributed by atoms with Gasteiger partial charge >= 0.3 is 0 Å². The van der Waals surface area contributed by atoms with Crippen LogP contribution in [0.25, 0.3) is 0 Å². The van der Waals surface area contributed by atoms with E-state index in [9.17, 15) is 4.79 Å². The number of nitrogens with one attached hydrogen (secondary N) is 1. The molecular formula is C16H23NO. The van der Waals surface area contributed by atoms with Crippen LogP contribution in [0, 0.1) is 11.8 Å². The largest absolute Gasteiger partial charge is 0.382 e. The number of hydrogen-bond acceptors (Lipinski definition) is 2. The van der Waals surface area contributed by atoms with Crippen molar-refractivity contribution in [3.63, 3.8) is 0 Å². The molecule has 0 radical (unpaired) electrons. The molecule has 2 heteroatoms. The monoisotopic (exact) mass is 245 g/mol. The van der Waals surface area contributed by atoms with E-state index in [2.05, 4.69) is 19.2 Å². The highest BCUT2D eigenvalue weighted by Gasteiger charge is 2.24. The van der Waals surface area contributed by atoms with Gasteiger partial charge in [-0.2, -0.15) is 0 Å². The van der Waals surface area contributed by atoms with Crippen LogP contribution < -0.4 is 5.32 Å².